The van der Waals surface area contributed by atoms with Crippen molar-refractivity contribution >= 4 is 15.8 Å². The van der Waals surface area contributed by atoms with E-state index in [4.69, 9.17) is 0 Å². The summed E-state index contributed by atoms with van der Waals surface area (Å²) in [6, 6.07) is 11.9. The van der Waals surface area contributed by atoms with Crippen molar-refractivity contribution in [1.82, 2.24) is 4.72 Å². The second-order valence-electron chi connectivity index (χ2n) is 4.86. The Kier molecular flexibility index (Phi) is 5.05. The van der Waals surface area contributed by atoms with Gasteiger partial charge in [-0.1, -0.05) is 24.3 Å². The van der Waals surface area contributed by atoms with Gasteiger partial charge < -0.3 is 0 Å². The monoisotopic (exact) mass is 321 g/mol. The van der Waals surface area contributed by atoms with Crippen LogP contribution in [0.15, 0.2) is 53.4 Å². The molecule has 0 heterocycles. The number of Topliss-reactive ketones (excluding diaryl/α,β-unsaturated/α-hetero) is 1. The number of ketones is 1. The van der Waals surface area contributed by atoms with Crippen molar-refractivity contribution in [3.05, 3.63) is 65.5 Å². The van der Waals surface area contributed by atoms with Crippen LogP contribution in [-0.2, 0) is 16.4 Å². The van der Waals surface area contributed by atoms with Gasteiger partial charge >= 0.3 is 0 Å². The van der Waals surface area contributed by atoms with Crippen molar-refractivity contribution in [3.8, 4) is 0 Å². The molecule has 0 radical (unpaired) electrons. The maximum Gasteiger partial charge on any atom is 0.240 e. The van der Waals surface area contributed by atoms with Gasteiger partial charge in [0, 0.05) is 12.1 Å². The largest absolute Gasteiger partial charge is 0.295 e. The highest BCUT2D eigenvalue weighted by Gasteiger charge is 2.14. The first kappa shape index (κ1) is 16.3. The summed E-state index contributed by atoms with van der Waals surface area (Å²) in [5, 5.41) is 0. The zero-order valence-corrected chi connectivity index (χ0v) is 12.9. The van der Waals surface area contributed by atoms with Crippen molar-refractivity contribution in [2.45, 2.75) is 18.2 Å². The predicted octanol–water partition coefficient (Wildman–Crippen LogP) is 2.55. The molecule has 0 amide bonds. The first-order valence-electron chi connectivity index (χ1n) is 6.73. The third-order valence-corrected chi connectivity index (χ3v) is 4.60. The smallest absolute Gasteiger partial charge is 0.240 e. The summed E-state index contributed by atoms with van der Waals surface area (Å²) in [4.78, 5) is 11.3. The Morgan fingerprint density at radius 3 is 2.55 bits per heavy atom. The van der Waals surface area contributed by atoms with Gasteiger partial charge in [0.25, 0.3) is 0 Å². The topological polar surface area (TPSA) is 63.2 Å². The molecule has 0 aliphatic heterocycles. The molecule has 0 atom stereocenters. The fourth-order valence-electron chi connectivity index (χ4n) is 1.99. The normalized spacial score (nSPS) is 11.4. The number of rotatable bonds is 6. The van der Waals surface area contributed by atoms with Crippen LogP contribution in [0.1, 0.15) is 22.8 Å². The van der Waals surface area contributed by atoms with E-state index in [1.165, 1.54) is 37.3 Å². The fraction of sp³-hybridized carbons (Fsp3) is 0.188. The molecule has 0 fully saturated rings. The number of hydrogen-bond donors (Lipinski definition) is 1. The summed E-state index contributed by atoms with van der Waals surface area (Å²) in [6.07, 6.45) is 0.378. The van der Waals surface area contributed by atoms with Gasteiger partial charge in [-0.3, -0.25) is 4.79 Å². The van der Waals surface area contributed by atoms with Crippen LogP contribution in [0.3, 0.4) is 0 Å². The van der Waals surface area contributed by atoms with Gasteiger partial charge in [0.05, 0.1) is 4.90 Å². The average Bonchev–Trinajstić information content (AvgIpc) is 2.47. The molecule has 4 nitrogen and oxygen atoms in total. The van der Waals surface area contributed by atoms with Crippen molar-refractivity contribution in [2.24, 2.45) is 0 Å². The zero-order chi connectivity index (χ0) is 16.2. The molecule has 1 N–H and O–H groups in total. The highest BCUT2D eigenvalue weighted by atomic mass is 32.2. The van der Waals surface area contributed by atoms with Crippen LogP contribution >= 0.6 is 0 Å². The molecule has 0 saturated carbocycles. The summed E-state index contributed by atoms with van der Waals surface area (Å²) < 4.78 is 39.8. The summed E-state index contributed by atoms with van der Waals surface area (Å²) in [5.74, 6) is -0.550. The summed E-state index contributed by atoms with van der Waals surface area (Å²) >= 11 is 0. The Labute approximate surface area is 129 Å². The van der Waals surface area contributed by atoms with Crippen LogP contribution in [0, 0.1) is 5.82 Å². The van der Waals surface area contributed by atoms with E-state index in [9.17, 15) is 17.6 Å². The summed E-state index contributed by atoms with van der Waals surface area (Å²) in [6.45, 7) is 1.53. The zero-order valence-electron chi connectivity index (χ0n) is 12.0. The molecule has 6 heteroatoms. The van der Waals surface area contributed by atoms with E-state index in [-0.39, 0.29) is 23.0 Å². The van der Waals surface area contributed by atoms with Crippen molar-refractivity contribution in [2.75, 3.05) is 6.54 Å². The van der Waals surface area contributed by atoms with Crippen molar-refractivity contribution < 1.29 is 17.6 Å². The van der Waals surface area contributed by atoms with Gasteiger partial charge in [0.1, 0.15) is 5.82 Å². The molecule has 0 unspecified atom stereocenters. The van der Waals surface area contributed by atoms with Crippen LogP contribution in [0.25, 0.3) is 0 Å². The van der Waals surface area contributed by atoms with E-state index >= 15 is 0 Å². The molecule has 0 bridgehead atoms. The van der Waals surface area contributed by atoms with Crippen LogP contribution < -0.4 is 4.72 Å². The number of halogens is 1. The molecule has 116 valence electrons. The average molecular weight is 321 g/mol. The lowest BCUT2D eigenvalue weighted by Gasteiger charge is -2.08. The van der Waals surface area contributed by atoms with Crippen molar-refractivity contribution in [1.29, 1.82) is 0 Å². The fourth-order valence-corrected chi connectivity index (χ4v) is 3.07. The molecule has 0 spiro atoms. The predicted molar refractivity (Wildman–Crippen MR) is 81.7 cm³/mol. The number of nitrogens with one attached hydrogen (secondary N) is 1. The molecule has 0 aromatic heterocycles. The van der Waals surface area contributed by atoms with Crippen LogP contribution in [-0.4, -0.2) is 20.7 Å². The minimum atomic E-state index is -3.69. The van der Waals surface area contributed by atoms with Gasteiger partial charge in [-0.05, 0) is 43.2 Å². The Morgan fingerprint density at radius 2 is 1.86 bits per heavy atom. The maximum absolute atomic E-state index is 13.0. The maximum atomic E-state index is 13.0. The lowest BCUT2D eigenvalue weighted by atomic mass is 10.1. The van der Waals surface area contributed by atoms with Gasteiger partial charge in [0.15, 0.2) is 5.78 Å². The van der Waals surface area contributed by atoms with Gasteiger partial charge in [-0.2, -0.15) is 0 Å². The Hall–Kier alpha value is -2.05. The van der Waals surface area contributed by atoms with Gasteiger partial charge in [0.2, 0.25) is 10.0 Å². The molecule has 22 heavy (non-hydrogen) atoms. The number of carbonyl (C=O) groups is 1. The molecular weight excluding hydrogens is 305 g/mol. The third-order valence-electron chi connectivity index (χ3n) is 3.15. The molecule has 0 saturated heterocycles. The Morgan fingerprint density at radius 1 is 1.14 bits per heavy atom. The van der Waals surface area contributed by atoms with E-state index < -0.39 is 10.0 Å². The summed E-state index contributed by atoms with van der Waals surface area (Å²) in [5.41, 5.74) is 1.05. The number of sulfonamides is 1. The van der Waals surface area contributed by atoms with E-state index in [1.807, 2.05) is 0 Å². The minimum absolute atomic E-state index is 0.0412. The number of benzene rings is 2. The number of hydrogen-bond acceptors (Lipinski definition) is 3. The minimum Gasteiger partial charge on any atom is -0.295 e. The quantitative estimate of drug-likeness (QED) is 0.832. The van der Waals surface area contributed by atoms with Crippen LogP contribution in [0.4, 0.5) is 4.39 Å². The van der Waals surface area contributed by atoms with Gasteiger partial charge in [-0.15, -0.1) is 0 Å². The highest BCUT2D eigenvalue weighted by molar-refractivity contribution is 7.89. The standard InChI is InChI=1S/C16H16FNO3S/c1-12(19)14-5-3-7-16(11-14)22(20,21)18-9-8-13-4-2-6-15(17)10-13/h2-7,10-11,18H,8-9H2,1H3. The van der Waals surface area contributed by atoms with Crippen LogP contribution in [0.2, 0.25) is 0 Å². The molecule has 2 rings (SSSR count). The lowest BCUT2D eigenvalue weighted by Crippen LogP contribution is -2.26. The molecular formula is C16H16FNO3S. The highest BCUT2D eigenvalue weighted by Crippen LogP contribution is 2.12. The molecule has 2 aromatic carbocycles. The van der Waals surface area contributed by atoms with Gasteiger partial charge in [-0.25, -0.2) is 17.5 Å². The van der Waals surface area contributed by atoms with E-state index in [0.717, 1.165) is 0 Å². The first-order chi connectivity index (χ1) is 10.4. The summed E-state index contributed by atoms with van der Waals surface area (Å²) in [7, 11) is -3.69. The Balaban J connectivity index is 2.05. The third kappa shape index (κ3) is 4.22. The second-order valence-corrected chi connectivity index (χ2v) is 6.63. The Bertz CT molecular complexity index is 787. The SMILES string of the molecule is CC(=O)c1cccc(S(=O)(=O)NCCc2cccc(F)c2)c1. The lowest BCUT2D eigenvalue weighted by molar-refractivity contribution is 0.101. The number of carbonyl (C=O) groups excluding carboxylic acids is 1. The van der Waals surface area contributed by atoms with E-state index in [1.54, 1.807) is 18.2 Å². The second kappa shape index (κ2) is 6.81. The first-order valence-corrected chi connectivity index (χ1v) is 8.22. The van der Waals surface area contributed by atoms with E-state index in [0.29, 0.717) is 17.5 Å². The van der Waals surface area contributed by atoms with Crippen molar-refractivity contribution in [3.63, 3.8) is 0 Å². The molecule has 0 aliphatic carbocycles. The molecule has 2 aromatic rings. The van der Waals surface area contributed by atoms with Crippen LogP contribution in [0.5, 0.6) is 0 Å². The van der Waals surface area contributed by atoms with E-state index in [2.05, 4.69) is 4.72 Å². The molecule has 0 aliphatic rings.